The van der Waals surface area contributed by atoms with Crippen LogP contribution in [0.4, 0.5) is 0 Å². The minimum Gasteiger partial charge on any atom is -0.343 e. The Morgan fingerprint density at radius 2 is 2.30 bits per heavy atom. The van der Waals surface area contributed by atoms with E-state index in [1.54, 1.807) is 17.5 Å². The highest BCUT2D eigenvalue weighted by atomic mass is 32.1. The topological polar surface area (TPSA) is 70.6 Å². The molecule has 1 N–H and O–H groups in total. The summed E-state index contributed by atoms with van der Waals surface area (Å²) in [5.74, 6) is 1.69. The lowest BCUT2D eigenvalue weighted by molar-refractivity contribution is 0.237. The number of hydrogen-bond donors (Lipinski definition) is 1. The van der Waals surface area contributed by atoms with Gasteiger partial charge in [-0.05, 0) is 32.4 Å². The number of rotatable bonds is 4. The lowest BCUT2D eigenvalue weighted by Gasteiger charge is -2.22. The largest absolute Gasteiger partial charge is 0.343 e. The molecule has 0 bridgehead atoms. The fraction of sp³-hybridized carbons (Fsp3) is 0.375. The summed E-state index contributed by atoms with van der Waals surface area (Å²) in [6, 6.07) is 2.23. The highest BCUT2D eigenvalue weighted by molar-refractivity contribution is 7.07. The maximum Gasteiger partial charge on any atom is 0.156 e. The zero-order valence-electron chi connectivity index (χ0n) is 12.9. The van der Waals surface area contributed by atoms with E-state index in [4.69, 9.17) is 9.97 Å². The summed E-state index contributed by atoms with van der Waals surface area (Å²) in [7, 11) is 0. The Morgan fingerprint density at radius 1 is 1.35 bits per heavy atom. The van der Waals surface area contributed by atoms with E-state index >= 15 is 0 Å². The van der Waals surface area contributed by atoms with Crippen LogP contribution in [0.2, 0.25) is 0 Å². The molecule has 0 amide bonds. The molecule has 1 fully saturated rings. The number of imidazole rings is 1. The molecule has 0 unspecified atom stereocenters. The van der Waals surface area contributed by atoms with Gasteiger partial charge in [0.25, 0.3) is 0 Å². The first-order valence-corrected chi connectivity index (χ1v) is 8.70. The minimum atomic E-state index is 0.255. The van der Waals surface area contributed by atoms with Gasteiger partial charge in [0.15, 0.2) is 5.82 Å². The summed E-state index contributed by atoms with van der Waals surface area (Å²) < 4.78 is 0. The predicted octanol–water partition coefficient (Wildman–Crippen LogP) is 2.97. The van der Waals surface area contributed by atoms with Crippen LogP contribution in [-0.2, 0) is 6.54 Å². The maximum absolute atomic E-state index is 4.77. The van der Waals surface area contributed by atoms with E-state index in [0.717, 1.165) is 48.2 Å². The smallest absolute Gasteiger partial charge is 0.156 e. The van der Waals surface area contributed by atoms with Crippen molar-refractivity contribution < 1.29 is 0 Å². The lowest BCUT2D eigenvalue weighted by atomic mass is 10.2. The number of aryl methyl sites for hydroxylation is 1. The SMILES string of the molecule is Cc1cc(-c2ncc[nH]2)nc([C@@H]2CCCN2Cc2cscn2)n1. The quantitative estimate of drug-likeness (QED) is 0.798. The molecule has 23 heavy (non-hydrogen) atoms. The minimum absolute atomic E-state index is 0.255. The van der Waals surface area contributed by atoms with Crippen molar-refractivity contribution in [1.29, 1.82) is 0 Å². The Bertz CT molecular complexity index is 768. The monoisotopic (exact) mass is 326 g/mol. The van der Waals surface area contributed by atoms with Crippen molar-refractivity contribution >= 4 is 11.3 Å². The highest BCUT2D eigenvalue weighted by Crippen LogP contribution is 2.32. The van der Waals surface area contributed by atoms with Crippen LogP contribution in [0, 0.1) is 6.92 Å². The molecule has 118 valence electrons. The van der Waals surface area contributed by atoms with Crippen molar-refractivity contribution in [3.05, 3.63) is 46.6 Å². The van der Waals surface area contributed by atoms with Gasteiger partial charge >= 0.3 is 0 Å². The number of H-pyrrole nitrogens is 1. The zero-order valence-corrected chi connectivity index (χ0v) is 13.8. The zero-order chi connectivity index (χ0) is 15.6. The van der Waals surface area contributed by atoms with Crippen LogP contribution >= 0.6 is 11.3 Å². The molecule has 1 saturated heterocycles. The standard InChI is InChI=1S/C16H18N6S/c1-11-7-13(15-17-4-5-18-15)21-16(20-11)14-3-2-6-22(14)8-12-9-23-10-19-12/h4-5,7,9-10,14H,2-3,6,8H2,1H3,(H,17,18)/t14-/m0/s1. The molecular formula is C16H18N6S. The van der Waals surface area contributed by atoms with E-state index in [9.17, 15) is 0 Å². The van der Waals surface area contributed by atoms with Crippen LogP contribution in [0.15, 0.2) is 29.4 Å². The van der Waals surface area contributed by atoms with Crippen molar-refractivity contribution in [2.24, 2.45) is 0 Å². The molecule has 3 aromatic rings. The molecule has 6 nitrogen and oxygen atoms in total. The van der Waals surface area contributed by atoms with Crippen LogP contribution in [0.5, 0.6) is 0 Å². The number of likely N-dealkylation sites (tertiary alicyclic amines) is 1. The Hall–Kier alpha value is -2.12. The fourth-order valence-corrected chi connectivity index (χ4v) is 3.65. The van der Waals surface area contributed by atoms with Gasteiger partial charge < -0.3 is 4.98 Å². The molecule has 0 aliphatic carbocycles. The summed E-state index contributed by atoms with van der Waals surface area (Å²) in [5.41, 5.74) is 4.85. The number of aromatic nitrogens is 5. The fourth-order valence-electron chi connectivity index (χ4n) is 3.10. The molecule has 4 rings (SSSR count). The summed E-state index contributed by atoms with van der Waals surface area (Å²) in [4.78, 5) is 23.7. The average Bonchev–Trinajstić information content (AvgIpc) is 3.30. The predicted molar refractivity (Wildman–Crippen MR) is 88.8 cm³/mol. The Balaban J connectivity index is 1.63. The highest BCUT2D eigenvalue weighted by Gasteiger charge is 2.29. The first kappa shape index (κ1) is 14.5. The summed E-state index contributed by atoms with van der Waals surface area (Å²) in [6.45, 7) is 3.94. The summed E-state index contributed by atoms with van der Waals surface area (Å²) in [6.07, 6.45) is 5.82. The van der Waals surface area contributed by atoms with Gasteiger partial charge in [-0.25, -0.2) is 19.9 Å². The average molecular weight is 326 g/mol. The van der Waals surface area contributed by atoms with Crippen LogP contribution in [0.25, 0.3) is 11.5 Å². The molecule has 0 radical (unpaired) electrons. The van der Waals surface area contributed by atoms with Gasteiger partial charge in [-0.3, -0.25) is 4.90 Å². The maximum atomic E-state index is 4.77. The van der Waals surface area contributed by atoms with Crippen molar-refractivity contribution in [2.75, 3.05) is 6.54 Å². The van der Waals surface area contributed by atoms with Gasteiger partial charge in [0.1, 0.15) is 11.5 Å². The van der Waals surface area contributed by atoms with Crippen LogP contribution in [0.1, 0.15) is 36.1 Å². The van der Waals surface area contributed by atoms with Crippen molar-refractivity contribution in [1.82, 2.24) is 29.8 Å². The van der Waals surface area contributed by atoms with Crippen molar-refractivity contribution in [3.63, 3.8) is 0 Å². The second kappa shape index (κ2) is 6.17. The third-order valence-electron chi connectivity index (χ3n) is 4.12. The number of aromatic amines is 1. The molecular weight excluding hydrogens is 308 g/mol. The van der Waals surface area contributed by atoms with Crippen LogP contribution < -0.4 is 0 Å². The van der Waals surface area contributed by atoms with Gasteiger partial charge in [-0.1, -0.05) is 0 Å². The van der Waals surface area contributed by atoms with Gasteiger partial charge in [0.05, 0.1) is 17.2 Å². The molecule has 0 spiro atoms. The molecule has 0 saturated carbocycles. The molecule has 3 aromatic heterocycles. The number of nitrogens with zero attached hydrogens (tertiary/aromatic N) is 5. The number of nitrogens with one attached hydrogen (secondary N) is 1. The van der Waals surface area contributed by atoms with E-state index in [2.05, 4.69) is 25.2 Å². The Morgan fingerprint density at radius 3 is 3.09 bits per heavy atom. The molecule has 0 aromatic carbocycles. The molecule has 7 heteroatoms. The Kier molecular flexibility index (Phi) is 3.88. The summed E-state index contributed by atoms with van der Waals surface area (Å²) in [5, 5.41) is 2.11. The Labute approximate surface area is 138 Å². The third-order valence-corrected chi connectivity index (χ3v) is 4.76. The third kappa shape index (κ3) is 3.02. The van der Waals surface area contributed by atoms with Gasteiger partial charge in [0.2, 0.25) is 0 Å². The second-order valence-corrected chi connectivity index (χ2v) is 6.52. The molecule has 1 atom stereocenters. The van der Waals surface area contributed by atoms with Gasteiger partial charge in [-0.15, -0.1) is 11.3 Å². The van der Waals surface area contributed by atoms with E-state index in [0.29, 0.717) is 0 Å². The number of hydrogen-bond acceptors (Lipinski definition) is 6. The van der Waals surface area contributed by atoms with E-state index in [-0.39, 0.29) is 6.04 Å². The first-order valence-electron chi connectivity index (χ1n) is 7.76. The van der Waals surface area contributed by atoms with Crippen LogP contribution in [0.3, 0.4) is 0 Å². The second-order valence-electron chi connectivity index (χ2n) is 5.80. The van der Waals surface area contributed by atoms with Gasteiger partial charge in [0, 0.05) is 30.0 Å². The van der Waals surface area contributed by atoms with E-state index in [1.165, 1.54) is 6.42 Å². The lowest BCUT2D eigenvalue weighted by Crippen LogP contribution is -2.24. The van der Waals surface area contributed by atoms with E-state index < -0.39 is 0 Å². The summed E-state index contributed by atoms with van der Waals surface area (Å²) >= 11 is 1.64. The van der Waals surface area contributed by atoms with Crippen molar-refractivity contribution in [2.45, 2.75) is 32.4 Å². The van der Waals surface area contributed by atoms with E-state index in [1.807, 2.05) is 24.7 Å². The van der Waals surface area contributed by atoms with Crippen LogP contribution in [-0.4, -0.2) is 36.4 Å². The number of thiazole rings is 1. The molecule has 4 heterocycles. The molecule has 1 aliphatic heterocycles. The molecule has 1 aliphatic rings. The van der Waals surface area contributed by atoms with Crippen molar-refractivity contribution in [3.8, 4) is 11.5 Å². The first-order chi connectivity index (χ1) is 11.3. The normalized spacial score (nSPS) is 18.6. The van der Waals surface area contributed by atoms with Gasteiger partial charge in [-0.2, -0.15) is 0 Å².